The maximum absolute atomic E-state index is 12.1. The molecule has 2 rings (SSSR count). The Hall–Kier alpha value is -1.85. The van der Waals surface area contributed by atoms with Gasteiger partial charge in [-0.3, -0.25) is 14.3 Å². The van der Waals surface area contributed by atoms with Gasteiger partial charge in [-0.2, -0.15) is 5.10 Å². The van der Waals surface area contributed by atoms with Crippen LogP contribution in [0.25, 0.3) is 0 Å². The number of hydrogen-bond acceptors (Lipinski definition) is 3. The van der Waals surface area contributed by atoms with Gasteiger partial charge < -0.3 is 10.0 Å². The number of piperidine rings is 1. The van der Waals surface area contributed by atoms with E-state index in [-0.39, 0.29) is 5.91 Å². The molecule has 0 spiro atoms. The van der Waals surface area contributed by atoms with Crippen LogP contribution in [0.4, 0.5) is 0 Å². The van der Waals surface area contributed by atoms with Crippen molar-refractivity contribution in [2.75, 3.05) is 6.54 Å². The Morgan fingerprint density at radius 1 is 1.45 bits per heavy atom. The van der Waals surface area contributed by atoms with Crippen molar-refractivity contribution in [3.8, 4) is 0 Å². The Balaban J connectivity index is 2.55. The molecule has 0 radical (unpaired) electrons. The first-order valence-electron chi connectivity index (χ1n) is 6.90. The van der Waals surface area contributed by atoms with E-state index < -0.39 is 17.9 Å². The summed E-state index contributed by atoms with van der Waals surface area (Å²) in [5.74, 6) is -1.38. The second kappa shape index (κ2) is 5.26. The lowest BCUT2D eigenvalue weighted by molar-refractivity contribution is -0.151. The van der Waals surface area contributed by atoms with Crippen LogP contribution in [0.1, 0.15) is 42.8 Å². The fourth-order valence-corrected chi connectivity index (χ4v) is 3.16. The molecule has 110 valence electrons. The third-order valence-electron chi connectivity index (χ3n) is 4.23. The summed E-state index contributed by atoms with van der Waals surface area (Å²) in [6.07, 6.45) is 0.697. The van der Waals surface area contributed by atoms with Gasteiger partial charge in [0.1, 0.15) is 0 Å². The third-order valence-corrected chi connectivity index (χ3v) is 4.23. The number of amides is 1. The van der Waals surface area contributed by atoms with E-state index in [2.05, 4.69) is 5.10 Å². The van der Waals surface area contributed by atoms with Crippen molar-refractivity contribution in [3.05, 3.63) is 17.0 Å². The monoisotopic (exact) mass is 279 g/mol. The number of likely N-dealkylation sites (tertiary alicyclic amines) is 1. The second-order valence-electron chi connectivity index (χ2n) is 5.32. The van der Waals surface area contributed by atoms with Gasteiger partial charge in [0.15, 0.2) is 0 Å². The largest absolute Gasteiger partial charge is 0.481 e. The zero-order valence-corrected chi connectivity index (χ0v) is 12.4. The molecule has 2 atom stereocenters. The normalized spacial score (nSPS) is 23.2. The Kier molecular flexibility index (Phi) is 3.83. The number of nitrogens with zero attached hydrogens (tertiary/aromatic N) is 3. The highest BCUT2D eigenvalue weighted by Crippen LogP contribution is 2.39. The van der Waals surface area contributed by atoms with Gasteiger partial charge in [0.25, 0.3) is 0 Å². The average Bonchev–Trinajstić information content (AvgIpc) is 2.62. The van der Waals surface area contributed by atoms with Crippen LogP contribution >= 0.6 is 0 Å². The van der Waals surface area contributed by atoms with Gasteiger partial charge in [0.2, 0.25) is 5.91 Å². The number of carbonyl (C=O) groups excluding carboxylic acids is 1. The number of aromatic nitrogens is 2. The minimum Gasteiger partial charge on any atom is -0.481 e. The SMILES string of the molecule is CCN1C(=O)CCC(C(=O)O)C1c1c(C)nn(C)c1C. The smallest absolute Gasteiger partial charge is 0.308 e. The summed E-state index contributed by atoms with van der Waals surface area (Å²) in [4.78, 5) is 25.4. The van der Waals surface area contributed by atoms with E-state index >= 15 is 0 Å². The zero-order chi connectivity index (χ0) is 15.0. The van der Waals surface area contributed by atoms with E-state index in [0.717, 1.165) is 17.0 Å². The minimum atomic E-state index is -0.844. The Bertz CT molecular complexity index is 548. The zero-order valence-electron chi connectivity index (χ0n) is 12.4. The summed E-state index contributed by atoms with van der Waals surface area (Å²) in [5.41, 5.74) is 2.61. The summed E-state index contributed by atoms with van der Waals surface area (Å²) in [5, 5.41) is 13.9. The van der Waals surface area contributed by atoms with E-state index in [1.807, 2.05) is 27.8 Å². The number of carbonyl (C=O) groups is 2. The minimum absolute atomic E-state index is 0.0256. The second-order valence-corrected chi connectivity index (χ2v) is 5.32. The van der Waals surface area contributed by atoms with Gasteiger partial charge in [0, 0.05) is 31.3 Å². The molecule has 0 saturated carbocycles. The van der Waals surface area contributed by atoms with Crippen molar-refractivity contribution in [1.82, 2.24) is 14.7 Å². The molecule has 1 aliphatic rings. The van der Waals surface area contributed by atoms with Crippen LogP contribution < -0.4 is 0 Å². The molecule has 1 aromatic heterocycles. The summed E-state index contributed by atoms with van der Waals surface area (Å²) in [7, 11) is 1.84. The first-order valence-corrected chi connectivity index (χ1v) is 6.90. The number of aliphatic carboxylic acids is 1. The highest BCUT2D eigenvalue weighted by atomic mass is 16.4. The summed E-state index contributed by atoms with van der Waals surface area (Å²) in [6, 6.07) is -0.410. The molecule has 20 heavy (non-hydrogen) atoms. The summed E-state index contributed by atoms with van der Waals surface area (Å²) < 4.78 is 1.75. The van der Waals surface area contributed by atoms with Crippen LogP contribution in [-0.4, -0.2) is 38.2 Å². The van der Waals surface area contributed by atoms with Gasteiger partial charge in [-0.1, -0.05) is 0 Å². The number of carboxylic acids is 1. The summed E-state index contributed by atoms with van der Waals surface area (Å²) in [6.45, 7) is 6.19. The van der Waals surface area contributed by atoms with Crippen molar-refractivity contribution in [2.24, 2.45) is 13.0 Å². The predicted octanol–water partition coefficient (Wildman–Crippen LogP) is 1.42. The lowest BCUT2D eigenvalue weighted by atomic mass is 9.83. The quantitative estimate of drug-likeness (QED) is 0.908. The molecular formula is C14H21N3O3. The number of carboxylic acid groups (broad SMARTS) is 1. The van der Waals surface area contributed by atoms with Crippen molar-refractivity contribution in [1.29, 1.82) is 0 Å². The van der Waals surface area contributed by atoms with Crippen LogP contribution in [0.15, 0.2) is 0 Å². The van der Waals surface area contributed by atoms with Crippen molar-refractivity contribution < 1.29 is 14.7 Å². The molecule has 2 unspecified atom stereocenters. The van der Waals surface area contributed by atoms with Crippen LogP contribution in [0, 0.1) is 19.8 Å². The van der Waals surface area contributed by atoms with E-state index in [4.69, 9.17) is 0 Å². The van der Waals surface area contributed by atoms with Gasteiger partial charge in [-0.25, -0.2) is 0 Å². The molecule has 1 amide bonds. The third kappa shape index (κ3) is 2.19. The first kappa shape index (κ1) is 14.6. The van der Waals surface area contributed by atoms with Gasteiger partial charge >= 0.3 is 5.97 Å². The number of hydrogen-bond donors (Lipinski definition) is 1. The standard InChI is InChI=1S/C14H21N3O3/c1-5-17-11(18)7-6-10(14(19)20)13(17)12-8(2)15-16(4)9(12)3/h10,13H,5-7H2,1-4H3,(H,19,20). The Labute approximate surface area is 118 Å². The number of aryl methyl sites for hydroxylation is 2. The Morgan fingerprint density at radius 3 is 2.55 bits per heavy atom. The molecule has 6 nitrogen and oxygen atoms in total. The van der Waals surface area contributed by atoms with Crippen LogP contribution in [0.3, 0.4) is 0 Å². The van der Waals surface area contributed by atoms with Crippen LogP contribution in [0.5, 0.6) is 0 Å². The average molecular weight is 279 g/mol. The molecule has 2 heterocycles. The van der Waals surface area contributed by atoms with E-state index in [0.29, 0.717) is 19.4 Å². The van der Waals surface area contributed by atoms with Crippen molar-refractivity contribution >= 4 is 11.9 Å². The van der Waals surface area contributed by atoms with Gasteiger partial charge in [-0.15, -0.1) is 0 Å². The molecule has 1 N–H and O–H groups in total. The molecule has 0 bridgehead atoms. The fourth-order valence-electron chi connectivity index (χ4n) is 3.16. The van der Waals surface area contributed by atoms with Crippen LogP contribution in [-0.2, 0) is 16.6 Å². The molecule has 6 heteroatoms. The van der Waals surface area contributed by atoms with Crippen LogP contribution in [0.2, 0.25) is 0 Å². The van der Waals surface area contributed by atoms with Gasteiger partial charge in [0.05, 0.1) is 17.7 Å². The van der Waals surface area contributed by atoms with Gasteiger partial charge in [-0.05, 0) is 27.2 Å². The maximum atomic E-state index is 12.1. The maximum Gasteiger partial charge on any atom is 0.308 e. The molecular weight excluding hydrogens is 258 g/mol. The molecule has 1 aliphatic heterocycles. The van der Waals surface area contributed by atoms with Crippen molar-refractivity contribution in [2.45, 2.75) is 39.7 Å². The highest BCUT2D eigenvalue weighted by molar-refractivity contribution is 5.82. The fraction of sp³-hybridized carbons (Fsp3) is 0.643. The van der Waals surface area contributed by atoms with Crippen molar-refractivity contribution in [3.63, 3.8) is 0 Å². The lowest BCUT2D eigenvalue weighted by Gasteiger charge is -2.39. The summed E-state index contributed by atoms with van der Waals surface area (Å²) >= 11 is 0. The lowest BCUT2D eigenvalue weighted by Crippen LogP contribution is -2.45. The number of rotatable bonds is 3. The van der Waals surface area contributed by atoms with E-state index in [1.54, 1.807) is 9.58 Å². The first-order chi connectivity index (χ1) is 9.38. The molecule has 1 fully saturated rings. The van der Waals surface area contributed by atoms with E-state index in [1.165, 1.54) is 0 Å². The molecule has 1 saturated heterocycles. The molecule has 0 aromatic carbocycles. The predicted molar refractivity (Wildman–Crippen MR) is 73.2 cm³/mol. The molecule has 1 aromatic rings. The Morgan fingerprint density at radius 2 is 2.10 bits per heavy atom. The van der Waals surface area contributed by atoms with E-state index in [9.17, 15) is 14.7 Å². The molecule has 0 aliphatic carbocycles. The topological polar surface area (TPSA) is 75.4 Å². The highest BCUT2D eigenvalue weighted by Gasteiger charge is 2.42.